The number of rotatable bonds is 3. The van der Waals surface area contributed by atoms with Crippen molar-refractivity contribution in [3.8, 4) is 0 Å². The van der Waals surface area contributed by atoms with Crippen molar-refractivity contribution in [1.29, 1.82) is 0 Å². The molecule has 1 N–H and O–H groups in total. The van der Waals surface area contributed by atoms with Crippen LogP contribution in [0.15, 0.2) is 36.8 Å². The number of benzene rings is 1. The molecule has 0 bridgehead atoms. The molecule has 4 heteroatoms. The number of nitrogens with zero attached hydrogens (tertiary/aromatic N) is 2. The van der Waals surface area contributed by atoms with Crippen LogP contribution in [0.1, 0.15) is 24.2 Å². The van der Waals surface area contributed by atoms with Crippen LogP contribution in [0, 0.1) is 12.7 Å². The molecule has 0 saturated carbocycles. The first kappa shape index (κ1) is 11.5. The Morgan fingerprint density at radius 3 is 2.82 bits per heavy atom. The maximum Gasteiger partial charge on any atom is 0.128 e. The van der Waals surface area contributed by atoms with Gasteiger partial charge < -0.3 is 5.32 Å². The van der Waals surface area contributed by atoms with Crippen LogP contribution in [0.5, 0.6) is 0 Å². The minimum Gasteiger partial charge on any atom is -0.377 e. The van der Waals surface area contributed by atoms with Crippen molar-refractivity contribution in [3.05, 3.63) is 53.9 Å². The molecule has 0 radical (unpaired) electrons. The number of hydrogen-bond acceptors (Lipinski definition) is 3. The molecule has 17 heavy (non-hydrogen) atoms. The third-order valence-corrected chi connectivity index (χ3v) is 2.67. The molecule has 2 rings (SSSR count). The molecule has 1 aromatic heterocycles. The van der Waals surface area contributed by atoms with Crippen LogP contribution in [-0.4, -0.2) is 9.97 Å². The van der Waals surface area contributed by atoms with E-state index in [1.165, 1.54) is 6.07 Å². The average Bonchev–Trinajstić information content (AvgIpc) is 2.36. The first-order chi connectivity index (χ1) is 8.18. The maximum atomic E-state index is 13.4. The normalized spacial score (nSPS) is 12.2. The van der Waals surface area contributed by atoms with E-state index >= 15 is 0 Å². The van der Waals surface area contributed by atoms with E-state index in [4.69, 9.17) is 0 Å². The third-order valence-electron chi connectivity index (χ3n) is 2.67. The number of hydrogen-bond donors (Lipinski definition) is 1. The fourth-order valence-electron chi connectivity index (χ4n) is 1.61. The Hall–Kier alpha value is -1.97. The van der Waals surface area contributed by atoms with Crippen molar-refractivity contribution >= 4 is 5.69 Å². The second kappa shape index (κ2) is 4.91. The Kier molecular flexibility index (Phi) is 3.32. The molecule has 1 aromatic carbocycles. The third kappa shape index (κ3) is 2.58. The van der Waals surface area contributed by atoms with Gasteiger partial charge in [0.15, 0.2) is 0 Å². The van der Waals surface area contributed by atoms with Crippen LogP contribution in [0.4, 0.5) is 10.1 Å². The lowest BCUT2D eigenvalue weighted by atomic mass is 10.1. The highest BCUT2D eigenvalue weighted by molar-refractivity contribution is 5.52. The monoisotopic (exact) mass is 231 g/mol. The summed E-state index contributed by atoms with van der Waals surface area (Å²) in [5.41, 5.74) is 2.22. The lowest BCUT2D eigenvalue weighted by Gasteiger charge is -2.16. The summed E-state index contributed by atoms with van der Waals surface area (Å²) in [6.07, 6.45) is 4.97. The molecule has 0 aliphatic rings. The van der Waals surface area contributed by atoms with Crippen LogP contribution in [0.2, 0.25) is 0 Å². The highest BCUT2D eigenvalue weighted by atomic mass is 19.1. The Labute approximate surface area is 99.7 Å². The van der Waals surface area contributed by atoms with Gasteiger partial charge in [0.05, 0.1) is 17.9 Å². The summed E-state index contributed by atoms with van der Waals surface area (Å²) in [7, 11) is 0. The van der Waals surface area contributed by atoms with Crippen LogP contribution in [-0.2, 0) is 0 Å². The van der Waals surface area contributed by atoms with E-state index in [1.54, 1.807) is 31.6 Å². The predicted molar refractivity (Wildman–Crippen MR) is 65.2 cm³/mol. The predicted octanol–water partition coefficient (Wildman–Crippen LogP) is 3.10. The minimum absolute atomic E-state index is 0.0100. The van der Waals surface area contributed by atoms with Gasteiger partial charge in [-0.1, -0.05) is 6.07 Å². The quantitative estimate of drug-likeness (QED) is 0.882. The van der Waals surface area contributed by atoms with Crippen molar-refractivity contribution < 1.29 is 4.39 Å². The smallest absolute Gasteiger partial charge is 0.128 e. The molecule has 0 aliphatic heterocycles. The molecule has 1 atom stereocenters. The summed E-state index contributed by atoms with van der Waals surface area (Å²) in [6.45, 7) is 3.72. The number of aromatic nitrogens is 2. The van der Waals surface area contributed by atoms with E-state index in [1.807, 2.05) is 13.0 Å². The molecule has 0 fully saturated rings. The van der Waals surface area contributed by atoms with Crippen LogP contribution < -0.4 is 5.32 Å². The van der Waals surface area contributed by atoms with Gasteiger partial charge in [0.1, 0.15) is 5.82 Å². The van der Waals surface area contributed by atoms with Gasteiger partial charge in [-0.05, 0) is 26.0 Å². The van der Waals surface area contributed by atoms with E-state index < -0.39 is 0 Å². The van der Waals surface area contributed by atoms with Crippen molar-refractivity contribution in [2.75, 3.05) is 5.32 Å². The summed E-state index contributed by atoms with van der Waals surface area (Å²) in [5, 5.41) is 3.22. The molecule has 0 aliphatic carbocycles. The van der Waals surface area contributed by atoms with E-state index in [9.17, 15) is 4.39 Å². The van der Waals surface area contributed by atoms with Gasteiger partial charge in [-0.3, -0.25) is 9.97 Å². The molecule has 88 valence electrons. The Bertz CT molecular complexity index is 499. The van der Waals surface area contributed by atoms with Gasteiger partial charge >= 0.3 is 0 Å². The molecule has 0 saturated heterocycles. The molecular weight excluding hydrogens is 217 g/mol. The first-order valence-corrected chi connectivity index (χ1v) is 5.46. The highest BCUT2D eigenvalue weighted by Gasteiger charge is 2.09. The van der Waals surface area contributed by atoms with Gasteiger partial charge in [-0.2, -0.15) is 0 Å². The summed E-state index contributed by atoms with van der Waals surface area (Å²) in [6, 6.07) is 4.98. The largest absolute Gasteiger partial charge is 0.377 e. The van der Waals surface area contributed by atoms with E-state index in [2.05, 4.69) is 15.3 Å². The summed E-state index contributed by atoms with van der Waals surface area (Å²) >= 11 is 0. The molecule has 0 amide bonds. The second-order valence-electron chi connectivity index (χ2n) is 3.91. The first-order valence-electron chi connectivity index (χ1n) is 5.46. The topological polar surface area (TPSA) is 37.8 Å². The highest BCUT2D eigenvalue weighted by Crippen LogP contribution is 2.22. The van der Waals surface area contributed by atoms with Gasteiger partial charge in [0, 0.05) is 23.6 Å². The molecule has 1 unspecified atom stereocenters. The van der Waals surface area contributed by atoms with Crippen LogP contribution in [0.25, 0.3) is 0 Å². The lowest BCUT2D eigenvalue weighted by Crippen LogP contribution is -2.10. The summed E-state index contributed by atoms with van der Waals surface area (Å²) < 4.78 is 13.4. The van der Waals surface area contributed by atoms with E-state index in [0.29, 0.717) is 5.56 Å². The van der Waals surface area contributed by atoms with Gasteiger partial charge in [0.25, 0.3) is 0 Å². The molecule has 0 spiro atoms. The molecule has 2 aromatic rings. The lowest BCUT2D eigenvalue weighted by molar-refractivity contribution is 0.618. The van der Waals surface area contributed by atoms with Crippen molar-refractivity contribution in [3.63, 3.8) is 0 Å². The van der Waals surface area contributed by atoms with Gasteiger partial charge in [-0.15, -0.1) is 0 Å². The minimum atomic E-state index is -0.207. The molecule has 1 heterocycles. The van der Waals surface area contributed by atoms with Crippen LogP contribution >= 0.6 is 0 Å². The SMILES string of the molecule is Cc1c(F)cccc1NC(C)c1cnccn1. The van der Waals surface area contributed by atoms with Crippen molar-refractivity contribution in [1.82, 2.24) is 9.97 Å². The zero-order valence-electron chi connectivity index (χ0n) is 9.81. The van der Waals surface area contributed by atoms with Crippen LogP contribution in [0.3, 0.4) is 0 Å². The number of nitrogens with one attached hydrogen (secondary N) is 1. The average molecular weight is 231 g/mol. The van der Waals surface area contributed by atoms with E-state index in [-0.39, 0.29) is 11.9 Å². The number of anilines is 1. The maximum absolute atomic E-state index is 13.4. The zero-order valence-corrected chi connectivity index (χ0v) is 9.81. The molecular formula is C13H14FN3. The van der Waals surface area contributed by atoms with Gasteiger partial charge in [-0.25, -0.2) is 4.39 Å². The standard InChI is InChI=1S/C13H14FN3/c1-9-11(14)4-3-5-12(9)17-10(2)13-8-15-6-7-16-13/h3-8,10,17H,1-2H3. The summed E-state index contributed by atoms with van der Waals surface area (Å²) in [5.74, 6) is -0.207. The Balaban J connectivity index is 2.19. The van der Waals surface area contributed by atoms with Crippen molar-refractivity contribution in [2.45, 2.75) is 19.9 Å². The van der Waals surface area contributed by atoms with E-state index in [0.717, 1.165) is 11.4 Å². The zero-order chi connectivity index (χ0) is 12.3. The second-order valence-corrected chi connectivity index (χ2v) is 3.91. The number of halogens is 1. The fraction of sp³-hybridized carbons (Fsp3) is 0.231. The fourth-order valence-corrected chi connectivity index (χ4v) is 1.61. The molecule has 3 nitrogen and oxygen atoms in total. The summed E-state index contributed by atoms with van der Waals surface area (Å²) in [4.78, 5) is 8.22. The Morgan fingerprint density at radius 1 is 1.29 bits per heavy atom. The van der Waals surface area contributed by atoms with Crippen molar-refractivity contribution in [2.24, 2.45) is 0 Å². The Morgan fingerprint density at radius 2 is 2.12 bits per heavy atom. The van der Waals surface area contributed by atoms with Gasteiger partial charge in [0.2, 0.25) is 0 Å².